The number of aryl methyl sites for hydroxylation is 2. The second-order valence-electron chi connectivity index (χ2n) is 8.65. The van der Waals surface area contributed by atoms with Gasteiger partial charge in [-0.25, -0.2) is 0 Å². The van der Waals surface area contributed by atoms with Crippen molar-refractivity contribution in [3.05, 3.63) is 113 Å². The molecule has 7 heteroatoms. The minimum Gasteiger partial charge on any atom is -0.489 e. The van der Waals surface area contributed by atoms with Crippen LogP contribution in [-0.4, -0.2) is 17.0 Å². The minimum absolute atomic E-state index is 0.0920. The quantitative estimate of drug-likeness (QED) is 0.326. The zero-order valence-corrected chi connectivity index (χ0v) is 20.6. The van der Waals surface area contributed by atoms with Crippen molar-refractivity contribution >= 4 is 17.5 Å². The molecule has 4 rings (SSSR count). The van der Waals surface area contributed by atoms with E-state index >= 15 is 0 Å². The molecule has 1 atom stereocenters. The summed E-state index contributed by atoms with van der Waals surface area (Å²) in [5.41, 5.74) is 4.81. The molecule has 0 saturated carbocycles. The topological polar surface area (TPSA) is 93.5 Å². The lowest BCUT2D eigenvalue weighted by Crippen LogP contribution is -2.28. The number of aromatic nitrogens is 1. The second kappa shape index (κ2) is 11.4. The van der Waals surface area contributed by atoms with Crippen LogP contribution in [0.4, 0.5) is 5.69 Å². The Balaban J connectivity index is 1.29. The van der Waals surface area contributed by atoms with Crippen molar-refractivity contribution in [1.29, 1.82) is 0 Å². The normalized spacial score (nSPS) is 11.5. The van der Waals surface area contributed by atoms with E-state index in [2.05, 4.69) is 15.8 Å². The van der Waals surface area contributed by atoms with Crippen LogP contribution in [-0.2, 0) is 17.8 Å². The van der Waals surface area contributed by atoms with Gasteiger partial charge in [0.2, 0.25) is 5.91 Å². The van der Waals surface area contributed by atoms with Crippen LogP contribution in [0.3, 0.4) is 0 Å². The average molecular weight is 484 g/mol. The predicted molar refractivity (Wildman–Crippen MR) is 138 cm³/mol. The van der Waals surface area contributed by atoms with E-state index in [9.17, 15) is 9.59 Å². The molecule has 184 valence electrons. The Bertz CT molecular complexity index is 1310. The Morgan fingerprint density at radius 1 is 0.972 bits per heavy atom. The Hall–Kier alpha value is -4.39. The largest absolute Gasteiger partial charge is 0.489 e. The lowest BCUT2D eigenvalue weighted by molar-refractivity contribution is -0.121. The van der Waals surface area contributed by atoms with Gasteiger partial charge in [0.25, 0.3) is 5.91 Å². The lowest BCUT2D eigenvalue weighted by Gasteiger charge is -2.16. The van der Waals surface area contributed by atoms with Crippen molar-refractivity contribution in [3.8, 4) is 5.75 Å². The monoisotopic (exact) mass is 483 g/mol. The van der Waals surface area contributed by atoms with Crippen molar-refractivity contribution < 1.29 is 18.8 Å². The first-order valence-electron chi connectivity index (χ1n) is 11.8. The summed E-state index contributed by atoms with van der Waals surface area (Å²) in [6.45, 7) is 6.04. The Kier molecular flexibility index (Phi) is 7.80. The number of hydrogen-bond acceptors (Lipinski definition) is 5. The third-order valence-corrected chi connectivity index (χ3v) is 5.91. The van der Waals surface area contributed by atoms with Crippen LogP contribution < -0.4 is 15.4 Å². The van der Waals surface area contributed by atoms with Gasteiger partial charge >= 0.3 is 0 Å². The highest BCUT2D eigenvalue weighted by Crippen LogP contribution is 2.20. The molecule has 0 aliphatic rings. The molecule has 0 fully saturated rings. The van der Waals surface area contributed by atoms with Crippen LogP contribution in [0.1, 0.15) is 51.5 Å². The first-order chi connectivity index (χ1) is 17.4. The SMILES string of the molecule is Cc1noc(C)c1COc1ccc(CC(=O)NC(C)c2cccc(NC(=O)c3ccccc3)c2)cc1. The van der Waals surface area contributed by atoms with Crippen LogP contribution in [0.15, 0.2) is 83.4 Å². The summed E-state index contributed by atoms with van der Waals surface area (Å²) < 4.78 is 11.0. The first-order valence-corrected chi connectivity index (χ1v) is 11.8. The molecule has 1 heterocycles. The number of carbonyl (C=O) groups is 2. The number of nitrogens with one attached hydrogen (secondary N) is 2. The minimum atomic E-state index is -0.219. The van der Waals surface area contributed by atoms with Gasteiger partial charge in [-0.2, -0.15) is 0 Å². The van der Waals surface area contributed by atoms with Gasteiger partial charge in [-0.1, -0.05) is 47.6 Å². The highest BCUT2D eigenvalue weighted by atomic mass is 16.5. The van der Waals surface area contributed by atoms with Crippen molar-refractivity contribution in [2.45, 2.75) is 39.8 Å². The summed E-state index contributed by atoms with van der Waals surface area (Å²) >= 11 is 0. The van der Waals surface area contributed by atoms with Crippen molar-refractivity contribution in [2.24, 2.45) is 0 Å². The summed E-state index contributed by atoms with van der Waals surface area (Å²) in [5.74, 6) is 1.19. The Morgan fingerprint density at radius 3 is 2.42 bits per heavy atom. The maximum absolute atomic E-state index is 12.7. The van der Waals surface area contributed by atoms with Gasteiger partial charge in [-0.3, -0.25) is 9.59 Å². The highest BCUT2D eigenvalue weighted by molar-refractivity contribution is 6.04. The molecule has 0 saturated heterocycles. The van der Waals surface area contributed by atoms with E-state index in [1.165, 1.54) is 0 Å². The number of hydrogen-bond donors (Lipinski definition) is 2. The summed E-state index contributed by atoms with van der Waals surface area (Å²) in [4.78, 5) is 25.1. The summed E-state index contributed by atoms with van der Waals surface area (Å²) in [6, 6.07) is 23.8. The van der Waals surface area contributed by atoms with E-state index in [1.807, 2.05) is 87.5 Å². The molecule has 0 aliphatic heterocycles. The zero-order valence-electron chi connectivity index (χ0n) is 20.6. The fourth-order valence-corrected chi connectivity index (χ4v) is 3.81. The van der Waals surface area contributed by atoms with Gasteiger partial charge in [0.05, 0.1) is 23.7 Å². The molecule has 36 heavy (non-hydrogen) atoms. The van der Waals surface area contributed by atoms with E-state index in [4.69, 9.17) is 9.26 Å². The fourth-order valence-electron chi connectivity index (χ4n) is 3.81. The molecule has 0 bridgehead atoms. The zero-order chi connectivity index (χ0) is 25.5. The van der Waals surface area contributed by atoms with Gasteiger partial charge < -0.3 is 19.9 Å². The van der Waals surface area contributed by atoms with Gasteiger partial charge in [0.1, 0.15) is 18.1 Å². The molecule has 1 aromatic heterocycles. The third-order valence-electron chi connectivity index (χ3n) is 5.91. The predicted octanol–water partition coefficient (Wildman–Crippen LogP) is 5.54. The molecule has 7 nitrogen and oxygen atoms in total. The van der Waals surface area contributed by atoms with Crippen molar-refractivity contribution in [3.63, 3.8) is 0 Å². The number of amides is 2. The molecule has 0 radical (unpaired) electrons. The Labute approximate surface area is 210 Å². The van der Waals surface area contributed by atoms with Gasteiger partial charge in [0, 0.05) is 11.3 Å². The summed E-state index contributed by atoms with van der Waals surface area (Å²) in [5, 5.41) is 9.86. The summed E-state index contributed by atoms with van der Waals surface area (Å²) in [6.07, 6.45) is 0.249. The molecule has 2 amide bonds. The molecule has 3 aromatic carbocycles. The summed E-state index contributed by atoms with van der Waals surface area (Å²) in [7, 11) is 0. The molecule has 2 N–H and O–H groups in total. The van der Waals surface area contributed by atoms with E-state index in [0.717, 1.165) is 28.1 Å². The maximum Gasteiger partial charge on any atom is 0.255 e. The smallest absolute Gasteiger partial charge is 0.255 e. The Morgan fingerprint density at radius 2 is 1.72 bits per heavy atom. The van der Waals surface area contributed by atoms with Gasteiger partial charge in [0.15, 0.2) is 0 Å². The van der Waals surface area contributed by atoms with Gasteiger partial charge in [-0.15, -0.1) is 0 Å². The fraction of sp³-hybridized carbons (Fsp3) is 0.207. The molecular formula is C29H29N3O4. The third kappa shape index (κ3) is 6.39. The van der Waals surface area contributed by atoms with Gasteiger partial charge in [-0.05, 0) is 68.3 Å². The number of nitrogens with zero attached hydrogens (tertiary/aromatic N) is 1. The first kappa shape index (κ1) is 24.7. The van der Waals surface area contributed by atoms with E-state index in [1.54, 1.807) is 12.1 Å². The van der Waals surface area contributed by atoms with Crippen LogP contribution in [0, 0.1) is 13.8 Å². The molecule has 4 aromatic rings. The number of anilines is 1. The standard InChI is InChI=1S/C29H29N3O4/c1-19(24-10-7-11-25(17-24)31-29(34)23-8-5-4-6-9-23)30-28(33)16-22-12-14-26(15-13-22)35-18-27-20(2)32-36-21(27)3/h4-15,17,19H,16,18H2,1-3H3,(H,30,33)(H,31,34). The van der Waals surface area contributed by atoms with E-state index < -0.39 is 0 Å². The number of benzene rings is 3. The van der Waals surface area contributed by atoms with E-state index in [-0.39, 0.29) is 24.3 Å². The molecular weight excluding hydrogens is 454 g/mol. The van der Waals surface area contributed by atoms with Crippen LogP contribution in [0.2, 0.25) is 0 Å². The average Bonchev–Trinajstić information content (AvgIpc) is 3.21. The van der Waals surface area contributed by atoms with Crippen molar-refractivity contribution in [1.82, 2.24) is 10.5 Å². The van der Waals surface area contributed by atoms with E-state index in [0.29, 0.717) is 23.6 Å². The highest BCUT2D eigenvalue weighted by Gasteiger charge is 2.13. The maximum atomic E-state index is 12.7. The molecule has 0 spiro atoms. The van der Waals surface area contributed by atoms with Crippen LogP contribution in [0.5, 0.6) is 5.75 Å². The van der Waals surface area contributed by atoms with Crippen molar-refractivity contribution in [2.75, 3.05) is 5.32 Å². The molecule has 0 aliphatic carbocycles. The molecule has 1 unspecified atom stereocenters. The second-order valence-corrected chi connectivity index (χ2v) is 8.65. The van der Waals surface area contributed by atoms with Crippen LogP contribution in [0.25, 0.3) is 0 Å². The number of carbonyl (C=O) groups excluding carboxylic acids is 2. The number of rotatable bonds is 9. The number of ether oxygens (including phenoxy) is 1. The lowest BCUT2D eigenvalue weighted by atomic mass is 10.1. The van der Waals surface area contributed by atoms with Crippen LogP contribution >= 0.6 is 0 Å².